The van der Waals surface area contributed by atoms with Gasteiger partial charge in [-0.1, -0.05) is 35.9 Å². The Bertz CT molecular complexity index is 1000. The summed E-state index contributed by atoms with van der Waals surface area (Å²) < 4.78 is 2.62. The molecule has 1 aromatic carbocycles. The Kier molecular flexibility index (Phi) is 4.29. The normalized spacial score (nSPS) is 26.9. The van der Waals surface area contributed by atoms with Gasteiger partial charge in [0.25, 0.3) is 0 Å². The Labute approximate surface area is 180 Å². The first-order valence-corrected chi connectivity index (χ1v) is 11.8. The fraction of sp³-hybridized carbons (Fsp3) is 0.455. The predicted molar refractivity (Wildman–Crippen MR) is 119 cm³/mol. The lowest BCUT2D eigenvalue weighted by atomic mass is 9.75. The number of thioether (sulfide) groups is 1. The molecule has 0 saturated carbocycles. The molecule has 0 radical (unpaired) electrons. The molecule has 3 aliphatic heterocycles. The summed E-state index contributed by atoms with van der Waals surface area (Å²) in [5, 5.41) is 13.4. The van der Waals surface area contributed by atoms with Gasteiger partial charge in [-0.15, -0.1) is 10.2 Å². The number of anilines is 1. The van der Waals surface area contributed by atoms with Crippen molar-refractivity contribution in [1.82, 2.24) is 20.1 Å². The molecule has 2 saturated heterocycles. The summed E-state index contributed by atoms with van der Waals surface area (Å²) in [6, 6.07) is 6.11. The molecular weight excluding hydrogens is 402 g/mol. The van der Waals surface area contributed by atoms with Gasteiger partial charge in [0.2, 0.25) is 5.95 Å². The first-order chi connectivity index (χ1) is 14.2. The van der Waals surface area contributed by atoms with Gasteiger partial charge in [0.15, 0.2) is 5.82 Å². The minimum absolute atomic E-state index is 0.386. The van der Waals surface area contributed by atoms with Crippen LogP contribution in [0.4, 0.5) is 5.95 Å². The lowest BCUT2D eigenvalue weighted by molar-refractivity contribution is 0.336. The van der Waals surface area contributed by atoms with Crippen molar-refractivity contribution < 1.29 is 0 Å². The third kappa shape index (κ3) is 2.87. The quantitative estimate of drug-likeness (QED) is 0.749. The number of hydrogen-bond donors (Lipinski definition) is 1. The van der Waals surface area contributed by atoms with Gasteiger partial charge in [-0.25, -0.2) is 0 Å². The monoisotopic (exact) mass is 425 g/mol. The Morgan fingerprint density at radius 2 is 1.97 bits per heavy atom. The molecule has 6 rings (SSSR count). The number of allylic oxidation sites excluding steroid dienone is 4. The van der Waals surface area contributed by atoms with Gasteiger partial charge in [-0.2, -0.15) is 11.8 Å². The number of halogens is 1. The number of rotatable bonds is 1. The summed E-state index contributed by atoms with van der Waals surface area (Å²) in [6.07, 6.45) is 11.7. The Morgan fingerprint density at radius 3 is 2.86 bits per heavy atom. The van der Waals surface area contributed by atoms with E-state index >= 15 is 0 Å². The molecular formula is C22H24ClN5S. The lowest BCUT2D eigenvalue weighted by Gasteiger charge is -2.43. The molecule has 2 unspecified atom stereocenters. The van der Waals surface area contributed by atoms with Gasteiger partial charge in [0.05, 0.1) is 12.2 Å². The van der Waals surface area contributed by atoms with Crippen molar-refractivity contribution in [2.45, 2.75) is 30.7 Å². The average molecular weight is 426 g/mol. The Morgan fingerprint density at radius 1 is 1.10 bits per heavy atom. The second-order valence-corrected chi connectivity index (χ2v) is 10.3. The molecule has 5 nitrogen and oxygen atoms in total. The zero-order valence-electron chi connectivity index (χ0n) is 16.2. The minimum atomic E-state index is 0.386. The molecule has 1 aliphatic carbocycles. The second-order valence-electron chi connectivity index (χ2n) is 8.45. The van der Waals surface area contributed by atoms with Crippen LogP contribution >= 0.6 is 23.4 Å². The number of aromatic nitrogens is 3. The smallest absolute Gasteiger partial charge is 0.231 e. The zero-order chi connectivity index (χ0) is 19.4. The highest BCUT2D eigenvalue weighted by Gasteiger charge is 2.49. The number of fused-ring (bicyclic) bond motifs is 5. The van der Waals surface area contributed by atoms with Crippen LogP contribution in [-0.4, -0.2) is 38.4 Å². The maximum atomic E-state index is 6.25. The van der Waals surface area contributed by atoms with Crippen molar-refractivity contribution in [2.24, 2.45) is 11.8 Å². The zero-order valence-corrected chi connectivity index (χ0v) is 17.8. The van der Waals surface area contributed by atoms with Gasteiger partial charge < -0.3 is 10.2 Å². The van der Waals surface area contributed by atoms with Crippen LogP contribution in [0.25, 0.3) is 5.69 Å². The van der Waals surface area contributed by atoms with E-state index in [4.69, 9.17) is 11.6 Å². The molecule has 0 amide bonds. The van der Waals surface area contributed by atoms with E-state index in [1.54, 1.807) is 0 Å². The maximum absolute atomic E-state index is 6.25. The van der Waals surface area contributed by atoms with Gasteiger partial charge in [0.1, 0.15) is 0 Å². The van der Waals surface area contributed by atoms with E-state index in [0.717, 1.165) is 42.1 Å². The molecule has 1 aromatic heterocycles. The first kappa shape index (κ1) is 18.0. The Balaban J connectivity index is 1.30. The number of piperidine rings is 1. The summed E-state index contributed by atoms with van der Waals surface area (Å²) in [4.78, 5) is 2.43. The molecule has 4 heterocycles. The van der Waals surface area contributed by atoms with Crippen molar-refractivity contribution in [3.05, 3.63) is 58.9 Å². The van der Waals surface area contributed by atoms with Crippen molar-refractivity contribution in [1.29, 1.82) is 0 Å². The highest BCUT2D eigenvalue weighted by Crippen LogP contribution is 2.54. The van der Waals surface area contributed by atoms with E-state index in [2.05, 4.69) is 67.1 Å². The van der Waals surface area contributed by atoms with Gasteiger partial charge >= 0.3 is 0 Å². The molecule has 2 aromatic rings. The lowest BCUT2D eigenvalue weighted by Crippen LogP contribution is -2.46. The van der Waals surface area contributed by atoms with E-state index in [1.165, 1.54) is 24.2 Å². The SMILES string of the molecule is Clc1ccc2c(c1)CNCc1nnc(N3CCC4(CC3)SCC3C=CC=CC34)n1-2. The fourth-order valence-corrected chi connectivity index (χ4v) is 7.35. The van der Waals surface area contributed by atoms with Gasteiger partial charge in [-0.05, 0) is 48.4 Å². The molecule has 4 aliphatic rings. The third-order valence-electron chi connectivity index (χ3n) is 6.91. The fourth-order valence-electron chi connectivity index (χ4n) is 5.40. The molecule has 2 atom stereocenters. The molecule has 1 N–H and O–H groups in total. The van der Waals surface area contributed by atoms with Crippen molar-refractivity contribution >= 4 is 29.3 Å². The van der Waals surface area contributed by atoms with Crippen LogP contribution in [0, 0.1) is 11.8 Å². The van der Waals surface area contributed by atoms with Crippen molar-refractivity contribution in [2.75, 3.05) is 23.7 Å². The highest BCUT2D eigenvalue weighted by atomic mass is 35.5. The summed E-state index contributed by atoms with van der Waals surface area (Å²) in [6.45, 7) is 3.57. The molecule has 150 valence electrons. The molecule has 0 bridgehead atoms. The largest absolute Gasteiger partial charge is 0.341 e. The number of nitrogens with zero attached hydrogens (tertiary/aromatic N) is 4. The van der Waals surface area contributed by atoms with Crippen molar-refractivity contribution in [3.63, 3.8) is 0 Å². The van der Waals surface area contributed by atoms with Crippen LogP contribution in [0.15, 0.2) is 42.5 Å². The Hall–Kier alpha value is -1.76. The van der Waals surface area contributed by atoms with Crippen LogP contribution in [-0.2, 0) is 13.1 Å². The summed E-state index contributed by atoms with van der Waals surface area (Å²) in [7, 11) is 0. The van der Waals surface area contributed by atoms with Crippen LogP contribution in [0.1, 0.15) is 24.2 Å². The van der Waals surface area contributed by atoms with Crippen LogP contribution < -0.4 is 10.2 Å². The standard InChI is InChI=1S/C22H24ClN5S/c23-17-5-6-19-16(11-17)12-24-13-20-25-26-21(28(19)20)27-9-7-22(8-10-27)18-4-2-1-3-15(18)14-29-22/h1-6,11,15,18,24H,7-10,12-14H2. The van der Waals surface area contributed by atoms with Crippen molar-refractivity contribution in [3.8, 4) is 5.69 Å². The summed E-state index contributed by atoms with van der Waals surface area (Å²) in [5.74, 6) is 4.59. The van der Waals surface area contributed by atoms with Crippen LogP contribution in [0.5, 0.6) is 0 Å². The second kappa shape index (κ2) is 6.89. The molecule has 1 spiro atoms. The predicted octanol–water partition coefficient (Wildman–Crippen LogP) is 3.97. The van der Waals surface area contributed by atoms with E-state index in [1.807, 2.05) is 12.1 Å². The number of hydrogen-bond acceptors (Lipinski definition) is 5. The van der Waals surface area contributed by atoms with Crippen LogP contribution in [0.3, 0.4) is 0 Å². The van der Waals surface area contributed by atoms with Crippen LogP contribution in [0.2, 0.25) is 5.02 Å². The topological polar surface area (TPSA) is 46.0 Å². The van der Waals surface area contributed by atoms with E-state index < -0.39 is 0 Å². The molecule has 7 heteroatoms. The average Bonchev–Trinajstić information content (AvgIpc) is 3.27. The molecule has 2 fully saturated rings. The minimum Gasteiger partial charge on any atom is -0.341 e. The van der Waals surface area contributed by atoms with E-state index in [9.17, 15) is 0 Å². The van der Waals surface area contributed by atoms with E-state index in [0.29, 0.717) is 23.1 Å². The molecule has 29 heavy (non-hydrogen) atoms. The van der Waals surface area contributed by atoms with Gasteiger partial charge in [-0.3, -0.25) is 4.57 Å². The first-order valence-electron chi connectivity index (χ1n) is 10.4. The number of benzene rings is 1. The summed E-state index contributed by atoms with van der Waals surface area (Å²) in [5.41, 5.74) is 2.34. The number of nitrogens with one attached hydrogen (secondary N) is 1. The third-order valence-corrected chi connectivity index (χ3v) is 8.95. The van der Waals surface area contributed by atoms with E-state index in [-0.39, 0.29) is 0 Å². The summed E-state index contributed by atoms with van der Waals surface area (Å²) >= 11 is 8.45. The maximum Gasteiger partial charge on any atom is 0.231 e. The highest BCUT2D eigenvalue weighted by molar-refractivity contribution is 8.01. The van der Waals surface area contributed by atoms with Gasteiger partial charge in [0, 0.05) is 35.2 Å².